The number of amides is 1. The highest BCUT2D eigenvalue weighted by Gasteiger charge is 2.30. The molecule has 0 saturated carbocycles. The van der Waals surface area contributed by atoms with Crippen molar-refractivity contribution in [1.29, 1.82) is 0 Å². The number of benzene rings is 2. The Kier molecular flexibility index (Phi) is 5.67. The van der Waals surface area contributed by atoms with E-state index in [4.69, 9.17) is 0 Å². The fraction of sp³-hybridized carbons (Fsp3) is 0.200. The Hall–Kier alpha value is -3.29. The zero-order chi connectivity index (χ0) is 20.1. The molecule has 0 aliphatic heterocycles. The molecule has 0 aliphatic carbocycles. The van der Waals surface area contributed by atoms with Crippen LogP contribution in [0.2, 0.25) is 0 Å². The highest BCUT2D eigenvalue weighted by molar-refractivity contribution is 5.87. The second kappa shape index (κ2) is 8.16. The van der Waals surface area contributed by atoms with E-state index in [0.717, 1.165) is 22.6 Å². The number of anilines is 1. The minimum absolute atomic E-state index is 0.0461. The first-order chi connectivity index (χ1) is 13.3. The summed E-state index contributed by atoms with van der Waals surface area (Å²) in [6, 6.07) is 11.6. The molecule has 1 N–H and O–H groups in total. The topological polar surface area (TPSA) is 58.4 Å². The van der Waals surface area contributed by atoms with Crippen LogP contribution in [0.4, 0.5) is 23.7 Å². The van der Waals surface area contributed by atoms with Crippen molar-refractivity contribution in [2.75, 3.05) is 4.90 Å². The summed E-state index contributed by atoms with van der Waals surface area (Å²) < 4.78 is 40.0. The number of para-hydroxylation sites is 1. The molecular weight excluding hydrogens is 371 g/mol. The molecule has 0 unspecified atom stereocenters. The third-order valence-corrected chi connectivity index (χ3v) is 4.33. The average Bonchev–Trinajstić information content (AvgIpc) is 3.18. The largest absolute Gasteiger partial charge is 0.465 e. The molecule has 146 valence electrons. The Labute approximate surface area is 159 Å². The number of nitrogens with zero attached hydrogens (tertiary/aromatic N) is 3. The average molecular weight is 389 g/mol. The fourth-order valence-corrected chi connectivity index (χ4v) is 2.89. The summed E-state index contributed by atoms with van der Waals surface area (Å²) in [5.74, 6) is 0. The number of rotatable bonds is 6. The van der Waals surface area contributed by atoms with Gasteiger partial charge in [-0.15, -0.1) is 0 Å². The summed E-state index contributed by atoms with van der Waals surface area (Å²) in [5.41, 5.74) is 1.04. The van der Waals surface area contributed by atoms with E-state index in [1.807, 2.05) is 22.9 Å². The Balaban J connectivity index is 1.81. The van der Waals surface area contributed by atoms with E-state index in [1.54, 1.807) is 24.7 Å². The molecule has 0 aliphatic rings. The number of hydrogen-bond acceptors (Lipinski definition) is 2. The zero-order valence-electron chi connectivity index (χ0n) is 14.8. The van der Waals surface area contributed by atoms with Crippen LogP contribution in [0.15, 0.2) is 67.3 Å². The predicted molar refractivity (Wildman–Crippen MR) is 98.0 cm³/mol. The number of aromatic nitrogens is 2. The van der Waals surface area contributed by atoms with Crippen LogP contribution in [-0.4, -0.2) is 20.8 Å². The monoisotopic (exact) mass is 389 g/mol. The molecule has 3 rings (SSSR count). The molecule has 1 amide bonds. The SMILES string of the molecule is O=C(O)N(Cc1ccc(C(F)(F)F)cc1)c1ccccc1CCn1ccnc1. The molecule has 0 saturated heterocycles. The lowest BCUT2D eigenvalue weighted by Crippen LogP contribution is -2.29. The van der Waals surface area contributed by atoms with Gasteiger partial charge in [0.2, 0.25) is 0 Å². The lowest BCUT2D eigenvalue weighted by Gasteiger charge is -2.23. The Morgan fingerprint density at radius 1 is 1.11 bits per heavy atom. The Morgan fingerprint density at radius 2 is 1.82 bits per heavy atom. The van der Waals surface area contributed by atoms with Gasteiger partial charge in [0, 0.05) is 18.9 Å². The summed E-state index contributed by atoms with van der Waals surface area (Å²) in [7, 11) is 0. The Bertz CT molecular complexity index is 923. The molecule has 1 aromatic heterocycles. The summed E-state index contributed by atoms with van der Waals surface area (Å²) in [5, 5.41) is 9.68. The normalized spacial score (nSPS) is 11.4. The third-order valence-electron chi connectivity index (χ3n) is 4.33. The standard InChI is InChI=1S/C20H18F3N3O2/c21-20(22,23)17-7-5-15(6-8-17)13-26(19(27)28)18-4-2-1-3-16(18)9-11-25-12-10-24-14-25/h1-8,10,12,14H,9,11,13H2,(H,27,28). The number of alkyl halides is 3. The summed E-state index contributed by atoms with van der Waals surface area (Å²) in [6.45, 7) is 0.584. The maximum Gasteiger partial charge on any atom is 0.416 e. The Morgan fingerprint density at radius 3 is 2.43 bits per heavy atom. The van der Waals surface area contributed by atoms with Crippen molar-refractivity contribution < 1.29 is 23.1 Å². The van der Waals surface area contributed by atoms with Gasteiger partial charge in [-0.25, -0.2) is 9.78 Å². The minimum atomic E-state index is -4.43. The van der Waals surface area contributed by atoms with Gasteiger partial charge in [0.05, 0.1) is 24.1 Å². The molecule has 2 aromatic carbocycles. The molecule has 3 aromatic rings. The van der Waals surface area contributed by atoms with Crippen LogP contribution >= 0.6 is 0 Å². The van der Waals surface area contributed by atoms with Crippen LogP contribution < -0.4 is 4.90 Å². The van der Waals surface area contributed by atoms with E-state index in [0.29, 0.717) is 24.2 Å². The van der Waals surface area contributed by atoms with Crippen molar-refractivity contribution in [3.63, 3.8) is 0 Å². The number of halogens is 3. The van der Waals surface area contributed by atoms with Crippen molar-refractivity contribution in [3.05, 3.63) is 83.9 Å². The molecule has 0 atom stereocenters. The van der Waals surface area contributed by atoms with E-state index in [1.165, 1.54) is 12.1 Å². The first-order valence-electron chi connectivity index (χ1n) is 8.55. The van der Waals surface area contributed by atoms with Crippen LogP contribution in [0.5, 0.6) is 0 Å². The first-order valence-corrected chi connectivity index (χ1v) is 8.55. The van der Waals surface area contributed by atoms with Gasteiger partial charge in [-0.2, -0.15) is 13.2 Å². The van der Waals surface area contributed by atoms with Gasteiger partial charge in [-0.1, -0.05) is 30.3 Å². The first kappa shape index (κ1) is 19.5. The molecule has 0 spiro atoms. The van der Waals surface area contributed by atoms with Gasteiger partial charge < -0.3 is 9.67 Å². The van der Waals surface area contributed by atoms with Gasteiger partial charge in [-0.3, -0.25) is 4.90 Å². The van der Waals surface area contributed by atoms with Gasteiger partial charge in [0.25, 0.3) is 0 Å². The predicted octanol–water partition coefficient (Wildman–Crippen LogP) is 4.83. The van der Waals surface area contributed by atoms with Crippen LogP contribution in [0, 0.1) is 0 Å². The number of carboxylic acid groups (broad SMARTS) is 1. The van der Waals surface area contributed by atoms with Crippen LogP contribution in [0.3, 0.4) is 0 Å². The third kappa shape index (κ3) is 4.70. The van der Waals surface area contributed by atoms with E-state index in [-0.39, 0.29) is 6.54 Å². The van der Waals surface area contributed by atoms with Crippen molar-refractivity contribution >= 4 is 11.8 Å². The maximum absolute atomic E-state index is 12.7. The molecule has 28 heavy (non-hydrogen) atoms. The van der Waals surface area contributed by atoms with Crippen molar-refractivity contribution in [1.82, 2.24) is 9.55 Å². The molecular formula is C20H18F3N3O2. The smallest absolute Gasteiger partial charge is 0.416 e. The number of hydrogen-bond donors (Lipinski definition) is 1. The number of aryl methyl sites for hydroxylation is 2. The van der Waals surface area contributed by atoms with Crippen LogP contribution in [-0.2, 0) is 25.7 Å². The van der Waals surface area contributed by atoms with E-state index in [2.05, 4.69) is 4.98 Å². The molecule has 0 bridgehead atoms. The van der Waals surface area contributed by atoms with Gasteiger partial charge in [0.15, 0.2) is 0 Å². The van der Waals surface area contributed by atoms with Crippen molar-refractivity contribution in [2.45, 2.75) is 25.7 Å². The second-order valence-electron chi connectivity index (χ2n) is 6.24. The minimum Gasteiger partial charge on any atom is -0.465 e. The van der Waals surface area contributed by atoms with E-state index >= 15 is 0 Å². The number of imidazole rings is 1. The molecule has 5 nitrogen and oxygen atoms in total. The van der Waals surface area contributed by atoms with Gasteiger partial charge in [0.1, 0.15) is 0 Å². The van der Waals surface area contributed by atoms with Gasteiger partial charge in [-0.05, 0) is 35.7 Å². The summed E-state index contributed by atoms with van der Waals surface area (Å²) >= 11 is 0. The number of carbonyl (C=O) groups is 1. The van der Waals surface area contributed by atoms with Crippen LogP contribution in [0.25, 0.3) is 0 Å². The highest BCUT2D eigenvalue weighted by atomic mass is 19.4. The van der Waals surface area contributed by atoms with Crippen molar-refractivity contribution in [2.24, 2.45) is 0 Å². The summed E-state index contributed by atoms with van der Waals surface area (Å²) in [6.07, 6.45) is 0.156. The van der Waals surface area contributed by atoms with Gasteiger partial charge >= 0.3 is 12.3 Å². The molecule has 0 radical (unpaired) electrons. The van der Waals surface area contributed by atoms with E-state index in [9.17, 15) is 23.1 Å². The highest BCUT2D eigenvalue weighted by Crippen LogP contribution is 2.30. The molecule has 8 heteroatoms. The maximum atomic E-state index is 12.7. The van der Waals surface area contributed by atoms with Crippen LogP contribution in [0.1, 0.15) is 16.7 Å². The van der Waals surface area contributed by atoms with Crippen molar-refractivity contribution in [3.8, 4) is 0 Å². The lowest BCUT2D eigenvalue weighted by atomic mass is 10.1. The summed E-state index contributed by atoms with van der Waals surface area (Å²) in [4.78, 5) is 17.0. The fourth-order valence-electron chi connectivity index (χ4n) is 2.89. The zero-order valence-corrected chi connectivity index (χ0v) is 14.8. The lowest BCUT2D eigenvalue weighted by molar-refractivity contribution is -0.137. The molecule has 0 fully saturated rings. The molecule has 1 heterocycles. The quantitative estimate of drug-likeness (QED) is 0.657. The second-order valence-corrected chi connectivity index (χ2v) is 6.24. The van der Waals surface area contributed by atoms with E-state index < -0.39 is 17.8 Å².